The highest BCUT2D eigenvalue weighted by Gasteiger charge is 2.22. The maximum absolute atomic E-state index is 13.2. The molecule has 0 spiro atoms. The number of rotatable bonds is 4. The summed E-state index contributed by atoms with van der Waals surface area (Å²) in [7, 11) is -6.01. The summed E-state index contributed by atoms with van der Waals surface area (Å²) in [4.78, 5) is -0.0875. The van der Waals surface area contributed by atoms with Crippen LogP contribution in [0, 0.1) is 5.82 Å². The molecule has 0 fully saturated rings. The first-order valence-corrected chi connectivity index (χ1v) is 9.98. The lowest BCUT2D eigenvalue weighted by atomic mass is 10.3. The summed E-state index contributed by atoms with van der Waals surface area (Å²) in [5, 5.41) is -0.299. The summed E-state index contributed by atoms with van der Waals surface area (Å²) in [5.41, 5.74) is 0.262. The second-order valence-electron chi connectivity index (χ2n) is 4.81. The minimum atomic E-state index is -3.95. The lowest BCUT2D eigenvalue weighted by molar-refractivity contribution is 0.593. The molecule has 0 heterocycles. The first-order chi connectivity index (χ1) is 10.5. The minimum absolute atomic E-state index is 0.0804. The van der Waals surface area contributed by atoms with Crippen molar-refractivity contribution in [2.45, 2.75) is 9.79 Å². The van der Waals surface area contributed by atoms with Gasteiger partial charge in [-0.05, 0) is 42.5 Å². The van der Waals surface area contributed by atoms with Gasteiger partial charge in [-0.3, -0.25) is 4.31 Å². The summed E-state index contributed by atoms with van der Waals surface area (Å²) in [6, 6.07) is 8.47. The summed E-state index contributed by atoms with van der Waals surface area (Å²) in [6.45, 7) is 0. The molecule has 0 unspecified atom stereocenters. The molecule has 2 aromatic rings. The number of hydrogen-bond donors (Lipinski definition) is 0. The molecule has 23 heavy (non-hydrogen) atoms. The zero-order valence-electron chi connectivity index (χ0n) is 12.2. The molecule has 0 aliphatic rings. The van der Waals surface area contributed by atoms with E-state index in [1.807, 2.05) is 0 Å². The Hall–Kier alpha value is -1.64. The van der Waals surface area contributed by atoms with Gasteiger partial charge in [0.15, 0.2) is 9.84 Å². The predicted molar refractivity (Wildman–Crippen MR) is 86.6 cm³/mol. The molecule has 2 rings (SSSR count). The van der Waals surface area contributed by atoms with E-state index in [4.69, 9.17) is 11.6 Å². The van der Waals surface area contributed by atoms with E-state index in [2.05, 4.69) is 0 Å². The maximum Gasteiger partial charge on any atom is 0.264 e. The lowest BCUT2D eigenvalue weighted by Crippen LogP contribution is -2.26. The van der Waals surface area contributed by atoms with Crippen LogP contribution in [-0.2, 0) is 19.9 Å². The average Bonchev–Trinajstić information content (AvgIpc) is 2.48. The number of sulfone groups is 1. The average molecular weight is 378 g/mol. The minimum Gasteiger partial charge on any atom is -0.269 e. The monoisotopic (exact) mass is 377 g/mol. The van der Waals surface area contributed by atoms with E-state index in [1.54, 1.807) is 0 Å². The number of benzene rings is 2. The Kier molecular flexibility index (Phi) is 4.70. The molecule has 5 nitrogen and oxygen atoms in total. The van der Waals surface area contributed by atoms with Gasteiger partial charge < -0.3 is 0 Å². The quantitative estimate of drug-likeness (QED) is 0.821. The van der Waals surface area contributed by atoms with E-state index in [9.17, 15) is 21.2 Å². The maximum atomic E-state index is 13.2. The molecule has 0 amide bonds. The van der Waals surface area contributed by atoms with Gasteiger partial charge in [-0.15, -0.1) is 0 Å². The third-order valence-electron chi connectivity index (χ3n) is 3.18. The Morgan fingerprint density at radius 2 is 1.48 bits per heavy atom. The molecular formula is C14H13ClFNO4S2. The van der Waals surface area contributed by atoms with Gasteiger partial charge in [-0.1, -0.05) is 11.6 Å². The van der Waals surface area contributed by atoms with Crippen LogP contribution in [-0.4, -0.2) is 30.1 Å². The summed E-state index contributed by atoms with van der Waals surface area (Å²) < 4.78 is 62.0. The fraction of sp³-hybridized carbons (Fsp3) is 0.143. The Morgan fingerprint density at radius 3 is 1.96 bits per heavy atom. The van der Waals surface area contributed by atoms with Crippen LogP contribution in [0.4, 0.5) is 10.1 Å². The second-order valence-corrected chi connectivity index (χ2v) is 9.21. The first kappa shape index (κ1) is 17.7. The fourth-order valence-electron chi connectivity index (χ4n) is 1.84. The van der Waals surface area contributed by atoms with Crippen molar-refractivity contribution in [3.05, 3.63) is 53.3 Å². The van der Waals surface area contributed by atoms with Gasteiger partial charge in [0, 0.05) is 13.3 Å². The molecule has 0 aliphatic carbocycles. The van der Waals surface area contributed by atoms with Crippen LogP contribution in [0.5, 0.6) is 0 Å². The van der Waals surface area contributed by atoms with Crippen molar-refractivity contribution in [1.82, 2.24) is 0 Å². The normalized spacial score (nSPS) is 12.2. The molecule has 2 aromatic carbocycles. The molecule has 0 bridgehead atoms. The molecule has 0 aromatic heterocycles. The molecular weight excluding hydrogens is 365 g/mol. The van der Waals surface area contributed by atoms with Crippen LogP contribution in [0.1, 0.15) is 0 Å². The van der Waals surface area contributed by atoms with E-state index in [0.717, 1.165) is 28.8 Å². The van der Waals surface area contributed by atoms with Crippen molar-refractivity contribution in [2.75, 3.05) is 17.6 Å². The predicted octanol–water partition coefficient (Wildman–Crippen LogP) is 2.71. The Balaban J connectivity index is 2.42. The third kappa shape index (κ3) is 3.65. The van der Waals surface area contributed by atoms with Gasteiger partial charge in [-0.2, -0.15) is 0 Å². The summed E-state index contributed by atoms with van der Waals surface area (Å²) >= 11 is 5.62. The highest BCUT2D eigenvalue weighted by atomic mass is 35.5. The second kappa shape index (κ2) is 6.10. The number of anilines is 1. The van der Waals surface area contributed by atoms with Gasteiger partial charge in [0.05, 0.1) is 20.5 Å². The molecule has 0 aliphatic heterocycles. The van der Waals surface area contributed by atoms with Crippen LogP contribution in [0.2, 0.25) is 5.02 Å². The van der Waals surface area contributed by atoms with Crippen molar-refractivity contribution in [3.8, 4) is 0 Å². The molecule has 9 heteroatoms. The number of hydrogen-bond acceptors (Lipinski definition) is 4. The van der Waals surface area contributed by atoms with E-state index < -0.39 is 25.7 Å². The van der Waals surface area contributed by atoms with Crippen LogP contribution >= 0.6 is 11.6 Å². The third-order valence-corrected chi connectivity index (χ3v) is 6.38. The smallest absolute Gasteiger partial charge is 0.264 e. The number of halogens is 2. The number of nitrogens with zero attached hydrogens (tertiary/aromatic N) is 1. The van der Waals surface area contributed by atoms with E-state index in [0.29, 0.717) is 0 Å². The Bertz CT molecular complexity index is 941. The van der Waals surface area contributed by atoms with Crippen molar-refractivity contribution < 1.29 is 21.2 Å². The zero-order valence-corrected chi connectivity index (χ0v) is 14.6. The highest BCUT2D eigenvalue weighted by molar-refractivity contribution is 7.92. The number of sulfonamides is 1. The zero-order chi connectivity index (χ0) is 17.4. The molecule has 0 radical (unpaired) electrons. The molecule has 0 N–H and O–H groups in total. The van der Waals surface area contributed by atoms with E-state index in [-0.39, 0.29) is 20.5 Å². The molecule has 0 saturated heterocycles. The van der Waals surface area contributed by atoms with Gasteiger partial charge in [0.25, 0.3) is 10.0 Å². The molecule has 0 saturated carbocycles. The highest BCUT2D eigenvalue weighted by Crippen LogP contribution is 2.26. The van der Waals surface area contributed by atoms with Gasteiger partial charge >= 0.3 is 0 Å². The SMILES string of the molecule is CN(c1ccc(S(C)(=O)=O)cc1)S(=O)(=O)c1ccc(F)c(Cl)c1. The van der Waals surface area contributed by atoms with Crippen LogP contribution in [0.3, 0.4) is 0 Å². The Morgan fingerprint density at radius 1 is 0.957 bits per heavy atom. The van der Waals surface area contributed by atoms with E-state index >= 15 is 0 Å². The van der Waals surface area contributed by atoms with Crippen molar-refractivity contribution in [3.63, 3.8) is 0 Å². The Labute approximate surface area is 139 Å². The van der Waals surface area contributed by atoms with Crippen LogP contribution < -0.4 is 4.31 Å². The lowest BCUT2D eigenvalue weighted by Gasteiger charge is -2.20. The topological polar surface area (TPSA) is 71.5 Å². The molecule has 124 valence electrons. The fourth-order valence-corrected chi connectivity index (χ4v) is 3.94. The van der Waals surface area contributed by atoms with Crippen LogP contribution in [0.25, 0.3) is 0 Å². The van der Waals surface area contributed by atoms with Crippen LogP contribution in [0.15, 0.2) is 52.3 Å². The van der Waals surface area contributed by atoms with E-state index in [1.165, 1.54) is 31.3 Å². The van der Waals surface area contributed by atoms with Crippen molar-refractivity contribution >= 4 is 37.1 Å². The molecule has 0 atom stereocenters. The summed E-state index contributed by atoms with van der Waals surface area (Å²) in [6.07, 6.45) is 1.06. The van der Waals surface area contributed by atoms with Gasteiger partial charge in [0.1, 0.15) is 5.82 Å². The van der Waals surface area contributed by atoms with Gasteiger partial charge in [-0.25, -0.2) is 21.2 Å². The van der Waals surface area contributed by atoms with Crippen molar-refractivity contribution in [2.24, 2.45) is 0 Å². The largest absolute Gasteiger partial charge is 0.269 e. The van der Waals surface area contributed by atoms with Gasteiger partial charge in [0.2, 0.25) is 0 Å². The summed E-state index contributed by atoms with van der Waals surface area (Å²) in [5.74, 6) is -0.717. The van der Waals surface area contributed by atoms with Crippen molar-refractivity contribution in [1.29, 1.82) is 0 Å². The first-order valence-electron chi connectivity index (χ1n) is 6.27. The standard InChI is InChI=1S/C14H13ClFNO4S2/c1-17(10-3-5-11(6-4-10)22(2,18)19)23(20,21)12-7-8-14(16)13(15)9-12/h3-9H,1-2H3.